The van der Waals surface area contributed by atoms with Crippen LogP contribution >= 0.6 is 0 Å². The summed E-state index contributed by atoms with van der Waals surface area (Å²) in [5, 5.41) is 12.5. The summed E-state index contributed by atoms with van der Waals surface area (Å²) >= 11 is 0. The normalized spacial score (nSPS) is 12.6. The minimum absolute atomic E-state index is 0.0484. The van der Waals surface area contributed by atoms with Crippen LogP contribution in [0.4, 0.5) is 4.39 Å². The van der Waals surface area contributed by atoms with Gasteiger partial charge in [-0.05, 0) is 30.0 Å². The highest BCUT2D eigenvalue weighted by atomic mass is 19.1. The van der Waals surface area contributed by atoms with Crippen LogP contribution in [0.15, 0.2) is 42.5 Å². The Labute approximate surface area is 125 Å². The Bertz CT molecular complexity index is 593. The van der Waals surface area contributed by atoms with E-state index in [2.05, 4.69) is 43.4 Å². The summed E-state index contributed by atoms with van der Waals surface area (Å²) in [4.78, 5) is 0. The third kappa shape index (κ3) is 4.05. The van der Waals surface area contributed by atoms with E-state index in [0.29, 0.717) is 18.0 Å². The van der Waals surface area contributed by atoms with Crippen molar-refractivity contribution >= 4 is 0 Å². The van der Waals surface area contributed by atoms with Crippen LogP contribution in [0.3, 0.4) is 0 Å². The first-order valence-corrected chi connectivity index (χ1v) is 7.28. The van der Waals surface area contributed by atoms with Crippen molar-refractivity contribution in [3.8, 4) is 5.75 Å². The molecule has 0 aliphatic carbocycles. The van der Waals surface area contributed by atoms with Gasteiger partial charge in [-0.15, -0.1) is 0 Å². The molecule has 2 aromatic carbocycles. The zero-order valence-electron chi connectivity index (χ0n) is 12.7. The van der Waals surface area contributed by atoms with Crippen molar-refractivity contribution in [2.45, 2.75) is 39.3 Å². The summed E-state index contributed by atoms with van der Waals surface area (Å²) in [7, 11) is 0. The van der Waals surface area contributed by atoms with Crippen molar-refractivity contribution in [2.75, 3.05) is 0 Å². The fraction of sp³-hybridized carbons (Fsp3) is 0.333. The van der Waals surface area contributed by atoms with E-state index in [0.717, 1.165) is 6.07 Å². The van der Waals surface area contributed by atoms with Crippen LogP contribution in [0.5, 0.6) is 5.75 Å². The molecule has 1 unspecified atom stereocenters. The third-order valence-electron chi connectivity index (χ3n) is 3.71. The second-order valence-corrected chi connectivity index (χ2v) is 5.70. The largest absolute Gasteiger partial charge is 0.508 e. The number of aromatic hydroxyl groups is 1. The number of hydrogen-bond acceptors (Lipinski definition) is 2. The lowest BCUT2D eigenvalue weighted by molar-refractivity contribution is 0.463. The molecule has 0 heterocycles. The number of phenolic OH excluding ortho intramolecular Hbond substituents is 1. The lowest BCUT2D eigenvalue weighted by Gasteiger charge is -2.15. The van der Waals surface area contributed by atoms with Gasteiger partial charge in [0.15, 0.2) is 0 Å². The van der Waals surface area contributed by atoms with Gasteiger partial charge in [0.25, 0.3) is 0 Å². The summed E-state index contributed by atoms with van der Waals surface area (Å²) < 4.78 is 13.8. The number of rotatable bonds is 5. The standard InChI is InChI=1S/C18H22FNO/c1-12(2)15-6-4-14(5-7-15)11-20-13(3)17-9-8-16(21)10-18(17)19/h4-10,12-13,20-21H,11H2,1-3H3. The quantitative estimate of drug-likeness (QED) is 0.848. The van der Waals surface area contributed by atoms with Gasteiger partial charge in [0.1, 0.15) is 11.6 Å². The van der Waals surface area contributed by atoms with E-state index >= 15 is 0 Å². The molecule has 112 valence electrons. The van der Waals surface area contributed by atoms with Crippen molar-refractivity contribution in [2.24, 2.45) is 0 Å². The Morgan fingerprint density at radius 1 is 1.05 bits per heavy atom. The highest BCUT2D eigenvalue weighted by Gasteiger charge is 2.11. The van der Waals surface area contributed by atoms with Crippen LogP contribution < -0.4 is 5.32 Å². The van der Waals surface area contributed by atoms with Crippen LogP contribution in [-0.2, 0) is 6.54 Å². The van der Waals surface area contributed by atoms with Crippen LogP contribution in [0.1, 0.15) is 49.4 Å². The van der Waals surface area contributed by atoms with Gasteiger partial charge in [-0.3, -0.25) is 0 Å². The number of halogens is 1. The molecule has 0 aliphatic heterocycles. The molecule has 0 radical (unpaired) electrons. The maximum atomic E-state index is 13.8. The van der Waals surface area contributed by atoms with E-state index in [1.807, 2.05) is 6.92 Å². The Morgan fingerprint density at radius 3 is 2.29 bits per heavy atom. The molecule has 2 aromatic rings. The highest BCUT2D eigenvalue weighted by Crippen LogP contribution is 2.21. The molecule has 0 bridgehead atoms. The number of nitrogens with one attached hydrogen (secondary N) is 1. The summed E-state index contributed by atoms with van der Waals surface area (Å²) in [6.45, 7) is 6.93. The fourth-order valence-electron chi connectivity index (χ4n) is 2.27. The lowest BCUT2D eigenvalue weighted by Crippen LogP contribution is -2.19. The Morgan fingerprint density at radius 2 is 1.71 bits per heavy atom. The van der Waals surface area contributed by atoms with Crippen molar-refractivity contribution in [1.82, 2.24) is 5.32 Å². The van der Waals surface area contributed by atoms with Gasteiger partial charge in [0.05, 0.1) is 0 Å². The second-order valence-electron chi connectivity index (χ2n) is 5.70. The summed E-state index contributed by atoms with van der Waals surface area (Å²) in [6, 6.07) is 12.6. The Hall–Kier alpha value is -1.87. The number of hydrogen-bond donors (Lipinski definition) is 2. The van der Waals surface area contributed by atoms with Gasteiger partial charge in [-0.2, -0.15) is 0 Å². The average Bonchev–Trinajstić information content (AvgIpc) is 2.45. The van der Waals surface area contributed by atoms with Crippen molar-refractivity contribution in [3.05, 3.63) is 65.0 Å². The molecule has 0 saturated carbocycles. The molecule has 0 spiro atoms. The number of phenols is 1. The van der Waals surface area contributed by atoms with E-state index in [1.54, 1.807) is 6.07 Å². The van der Waals surface area contributed by atoms with E-state index in [1.165, 1.54) is 17.2 Å². The first kappa shape index (κ1) is 15.5. The molecule has 2 rings (SSSR count). The van der Waals surface area contributed by atoms with Gasteiger partial charge < -0.3 is 10.4 Å². The van der Waals surface area contributed by atoms with E-state index in [-0.39, 0.29) is 17.6 Å². The first-order chi connectivity index (χ1) is 9.97. The van der Waals surface area contributed by atoms with Crippen molar-refractivity contribution in [1.29, 1.82) is 0 Å². The minimum atomic E-state index is -0.384. The minimum Gasteiger partial charge on any atom is -0.508 e. The zero-order valence-corrected chi connectivity index (χ0v) is 12.7. The predicted octanol–water partition coefficient (Wildman–Crippen LogP) is 4.51. The maximum absolute atomic E-state index is 13.8. The molecule has 0 saturated heterocycles. The molecular formula is C18H22FNO. The maximum Gasteiger partial charge on any atom is 0.131 e. The fourth-order valence-corrected chi connectivity index (χ4v) is 2.27. The first-order valence-electron chi connectivity index (χ1n) is 7.28. The summed E-state index contributed by atoms with van der Waals surface area (Å²) in [5.41, 5.74) is 3.05. The van der Waals surface area contributed by atoms with Crippen molar-refractivity contribution in [3.63, 3.8) is 0 Å². The van der Waals surface area contributed by atoms with Crippen LogP contribution in [0, 0.1) is 5.82 Å². The monoisotopic (exact) mass is 287 g/mol. The molecular weight excluding hydrogens is 265 g/mol. The van der Waals surface area contributed by atoms with Gasteiger partial charge in [-0.1, -0.05) is 44.2 Å². The topological polar surface area (TPSA) is 32.3 Å². The van der Waals surface area contributed by atoms with Crippen LogP contribution in [0.2, 0.25) is 0 Å². The molecule has 0 aromatic heterocycles. The molecule has 2 N–H and O–H groups in total. The number of benzene rings is 2. The van der Waals surface area contributed by atoms with Gasteiger partial charge in [-0.25, -0.2) is 4.39 Å². The molecule has 2 nitrogen and oxygen atoms in total. The molecule has 21 heavy (non-hydrogen) atoms. The zero-order chi connectivity index (χ0) is 15.4. The molecule has 0 fully saturated rings. The van der Waals surface area contributed by atoms with E-state index in [9.17, 15) is 9.50 Å². The van der Waals surface area contributed by atoms with Gasteiger partial charge in [0.2, 0.25) is 0 Å². The molecule has 1 atom stereocenters. The second kappa shape index (κ2) is 6.72. The Kier molecular flexibility index (Phi) is 4.97. The smallest absolute Gasteiger partial charge is 0.131 e. The van der Waals surface area contributed by atoms with Crippen LogP contribution in [-0.4, -0.2) is 5.11 Å². The summed E-state index contributed by atoms with van der Waals surface area (Å²) in [6.07, 6.45) is 0. The van der Waals surface area contributed by atoms with E-state index < -0.39 is 0 Å². The third-order valence-corrected chi connectivity index (χ3v) is 3.71. The lowest BCUT2D eigenvalue weighted by atomic mass is 10.0. The van der Waals surface area contributed by atoms with Gasteiger partial charge in [0, 0.05) is 24.2 Å². The van der Waals surface area contributed by atoms with Crippen LogP contribution in [0.25, 0.3) is 0 Å². The molecule has 0 amide bonds. The van der Waals surface area contributed by atoms with Crippen molar-refractivity contribution < 1.29 is 9.50 Å². The summed E-state index contributed by atoms with van der Waals surface area (Å²) in [5.74, 6) is 0.0925. The molecule has 0 aliphatic rings. The predicted molar refractivity (Wildman–Crippen MR) is 83.9 cm³/mol. The van der Waals surface area contributed by atoms with E-state index in [4.69, 9.17) is 0 Å². The average molecular weight is 287 g/mol. The van der Waals surface area contributed by atoms with Gasteiger partial charge >= 0.3 is 0 Å². The Balaban J connectivity index is 1.98. The SMILES string of the molecule is CC(C)c1ccc(CNC(C)c2ccc(O)cc2F)cc1. The highest BCUT2D eigenvalue weighted by molar-refractivity contribution is 5.30. The molecule has 3 heteroatoms.